The Morgan fingerprint density at radius 2 is 1.78 bits per heavy atom. The van der Waals surface area contributed by atoms with Gasteiger partial charge in [0.25, 0.3) is 0 Å². The molecule has 0 aromatic heterocycles. The Balaban J connectivity index is 1.48. The summed E-state index contributed by atoms with van der Waals surface area (Å²) in [6.45, 7) is 12.5. The van der Waals surface area contributed by atoms with Crippen molar-refractivity contribution in [2.45, 2.75) is 116 Å². The third-order valence-electron chi connectivity index (χ3n) is 8.99. The lowest BCUT2D eigenvalue weighted by Gasteiger charge is -2.39. The number of hydrogen-bond acceptors (Lipinski definition) is 3. The van der Waals surface area contributed by atoms with Gasteiger partial charge in [-0.2, -0.15) is 0 Å². The summed E-state index contributed by atoms with van der Waals surface area (Å²) in [5.74, 6) is 2.72. The third kappa shape index (κ3) is 5.87. The van der Waals surface area contributed by atoms with Crippen LogP contribution in [-0.2, 0) is 4.79 Å². The lowest BCUT2D eigenvalue weighted by molar-refractivity contribution is -0.125. The molecule has 4 fully saturated rings. The fraction of sp³-hybridized carbons (Fsp3) is 0.926. The number of fused-ring (bicyclic) bond motifs is 2. The van der Waals surface area contributed by atoms with Gasteiger partial charge in [0.15, 0.2) is 0 Å². The molecule has 0 spiro atoms. The first-order chi connectivity index (χ1) is 15.1. The van der Waals surface area contributed by atoms with Gasteiger partial charge in [-0.05, 0) is 76.7 Å². The van der Waals surface area contributed by atoms with Crippen LogP contribution in [0.4, 0.5) is 0 Å². The molecule has 2 saturated heterocycles. The van der Waals surface area contributed by atoms with Crippen molar-refractivity contribution in [2.24, 2.45) is 22.2 Å². The summed E-state index contributed by atoms with van der Waals surface area (Å²) in [4.78, 5) is 23.7. The van der Waals surface area contributed by atoms with E-state index in [1.54, 1.807) is 0 Å². The molecule has 2 aliphatic heterocycles. The van der Waals surface area contributed by atoms with Gasteiger partial charge in [0.05, 0.1) is 5.84 Å². The minimum atomic E-state index is -0.233. The number of rotatable bonds is 5. The number of nitrogens with one attached hydrogen (secondary N) is 1. The van der Waals surface area contributed by atoms with Crippen LogP contribution >= 0.6 is 0 Å². The van der Waals surface area contributed by atoms with Crippen molar-refractivity contribution in [1.29, 1.82) is 0 Å². The molecule has 5 nitrogen and oxygen atoms in total. The Morgan fingerprint density at radius 3 is 2.47 bits per heavy atom. The summed E-state index contributed by atoms with van der Waals surface area (Å²) in [5.41, 5.74) is 0.344. The van der Waals surface area contributed by atoms with E-state index in [4.69, 9.17) is 4.99 Å². The van der Waals surface area contributed by atoms with Crippen molar-refractivity contribution in [3.05, 3.63) is 0 Å². The first-order valence-electron chi connectivity index (χ1n) is 13.4. The molecule has 0 aromatic carbocycles. The van der Waals surface area contributed by atoms with E-state index in [0.717, 1.165) is 50.7 Å². The number of amidine groups is 1. The standard InChI is InChI=1S/C27H48N4O/c1-20(31-19-22-15-23(31)18-26(2,3)17-22)28-24(16-21-9-7-6-8-10-21)25(32)29-27(4)11-13-30(5)14-12-27/h21-24H,6-19H2,1-5H3,(H,29,32)/t22?,23?,24-/m0/s1. The van der Waals surface area contributed by atoms with Gasteiger partial charge in [0.1, 0.15) is 6.04 Å². The summed E-state index contributed by atoms with van der Waals surface area (Å²) in [6, 6.07) is 0.375. The molecule has 1 amide bonds. The zero-order valence-corrected chi connectivity index (χ0v) is 21.5. The van der Waals surface area contributed by atoms with Crippen LogP contribution in [0.1, 0.15) is 98.3 Å². The largest absolute Gasteiger partial charge is 0.357 e. The maximum atomic E-state index is 13.6. The SMILES string of the molecule is CC(=N[C@@H](CC1CCCCC1)C(=O)NC1(C)CCN(C)CC1)N1CC2CC1CC(C)(C)C2. The van der Waals surface area contributed by atoms with Gasteiger partial charge in [-0.15, -0.1) is 0 Å². The van der Waals surface area contributed by atoms with Crippen molar-refractivity contribution in [2.75, 3.05) is 26.7 Å². The van der Waals surface area contributed by atoms with E-state index in [-0.39, 0.29) is 17.5 Å². The number of nitrogens with zero attached hydrogens (tertiary/aromatic N) is 3. The second-order valence-corrected chi connectivity index (χ2v) is 12.8. The number of amides is 1. The molecule has 2 saturated carbocycles. The van der Waals surface area contributed by atoms with Crippen LogP contribution in [0.15, 0.2) is 4.99 Å². The predicted octanol–water partition coefficient (Wildman–Crippen LogP) is 4.85. The number of carbonyl (C=O) groups is 1. The van der Waals surface area contributed by atoms with Gasteiger partial charge in [-0.25, -0.2) is 0 Å². The maximum absolute atomic E-state index is 13.6. The van der Waals surface area contributed by atoms with Gasteiger partial charge in [-0.3, -0.25) is 9.79 Å². The molecule has 32 heavy (non-hydrogen) atoms. The molecule has 3 atom stereocenters. The summed E-state index contributed by atoms with van der Waals surface area (Å²) in [7, 11) is 2.18. The van der Waals surface area contributed by atoms with E-state index in [9.17, 15) is 4.79 Å². The molecule has 2 heterocycles. The van der Waals surface area contributed by atoms with Gasteiger partial charge >= 0.3 is 0 Å². The van der Waals surface area contributed by atoms with Crippen molar-refractivity contribution >= 4 is 11.7 Å². The highest BCUT2D eigenvalue weighted by molar-refractivity contribution is 5.88. The average Bonchev–Trinajstić information content (AvgIpc) is 3.05. The lowest BCUT2D eigenvalue weighted by Crippen LogP contribution is -2.55. The van der Waals surface area contributed by atoms with Gasteiger partial charge < -0.3 is 15.1 Å². The van der Waals surface area contributed by atoms with Crippen LogP contribution in [0, 0.1) is 17.3 Å². The highest BCUT2D eigenvalue weighted by Crippen LogP contribution is 2.45. The third-order valence-corrected chi connectivity index (χ3v) is 8.99. The van der Waals surface area contributed by atoms with Gasteiger partial charge in [-0.1, -0.05) is 46.0 Å². The molecule has 0 radical (unpaired) electrons. The van der Waals surface area contributed by atoms with E-state index in [1.165, 1.54) is 51.4 Å². The van der Waals surface area contributed by atoms with Crippen LogP contribution < -0.4 is 5.32 Å². The molecular formula is C27H48N4O. The minimum Gasteiger partial charge on any atom is -0.357 e. The Kier molecular flexibility index (Phi) is 7.24. The molecular weight excluding hydrogens is 396 g/mol. The zero-order chi connectivity index (χ0) is 22.9. The zero-order valence-electron chi connectivity index (χ0n) is 21.5. The van der Waals surface area contributed by atoms with Crippen molar-refractivity contribution < 1.29 is 4.79 Å². The molecule has 182 valence electrons. The van der Waals surface area contributed by atoms with Gasteiger partial charge in [0.2, 0.25) is 5.91 Å². The lowest BCUT2D eigenvalue weighted by atomic mass is 9.72. The first kappa shape index (κ1) is 24.0. The Morgan fingerprint density at radius 1 is 1.09 bits per heavy atom. The van der Waals surface area contributed by atoms with Crippen molar-refractivity contribution in [1.82, 2.24) is 15.1 Å². The number of hydrogen-bond donors (Lipinski definition) is 1. The van der Waals surface area contributed by atoms with Crippen LogP contribution in [0.5, 0.6) is 0 Å². The number of piperidine rings is 1. The number of likely N-dealkylation sites (tertiary alicyclic amines) is 2. The van der Waals surface area contributed by atoms with Crippen LogP contribution in [0.2, 0.25) is 0 Å². The van der Waals surface area contributed by atoms with Crippen LogP contribution in [-0.4, -0.2) is 65.8 Å². The molecule has 1 N–H and O–H groups in total. The number of aliphatic imine (C=N–C) groups is 1. The maximum Gasteiger partial charge on any atom is 0.245 e. The Hall–Kier alpha value is -1.10. The fourth-order valence-electron chi connectivity index (χ4n) is 7.13. The quantitative estimate of drug-likeness (QED) is 0.487. The second kappa shape index (κ2) is 9.64. The van der Waals surface area contributed by atoms with E-state index in [2.05, 4.69) is 49.9 Å². The summed E-state index contributed by atoms with van der Waals surface area (Å²) >= 11 is 0. The second-order valence-electron chi connectivity index (χ2n) is 12.8. The molecule has 0 aromatic rings. The fourth-order valence-corrected chi connectivity index (χ4v) is 7.13. The predicted molar refractivity (Wildman–Crippen MR) is 133 cm³/mol. The molecule has 2 aliphatic carbocycles. The Bertz CT molecular complexity index is 688. The summed E-state index contributed by atoms with van der Waals surface area (Å²) in [6.07, 6.45) is 13.4. The van der Waals surface area contributed by atoms with E-state index >= 15 is 0 Å². The van der Waals surface area contributed by atoms with E-state index in [0.29, 0.717) is 17.4 Å². The minimum absolute atomic E-state index is 0.0912. The molecule has 4 rings (SSSR count). The molecule has 4 aliphatic rings. The Labute approximate surface area is 196 Å². The first-order valence-corrected chi connectivity index (χ1v) is 13.4. The monoisotopic (exact) mass is 444 g/mol. The summed E-state index contributed by atoms with van der Waals surface area (Å²) < 4.78 is 0. The highest BCUT2D eigenvalue weighted by Gasteiger charge is 2.43. The molecule has 2 unspecified atom stereocenters. The van der Waals surface area contributed by atoms with Crippen LogP contribution in [0.3, 0.4) is 0 Å². The van der Waals surface area contributed by atoms with Crippen molar-refractivity contribution in [3.63, 3.8) is 0 Å². The normalized spacial score (nSPS) is 32.0. The van der Waals surface area contributed by atoms with Crippen molar-refractivity contribution in [3.8, 4) is 0 Å². The van der Waals surface area contributed by atoms with Gasteiger partial charge in [0, 0.05) is 31.2 Å². The molecule has 2 bridgehead atoms. The summed E-state index contributed by atoms with van der Waals surface area (Å²) in [5, 5.41) is 3.47. The molecule has 5 heteroatoms. The number of carbonyl (C=O) groups excluding carboxylic acids is 1. The van der Waals surface area contributed by atoms with Crippen LogP contribution in [0.25, 0.3) is 0 Å². The highest BCUT2D eigenvalue weighted by atomic mass is 16.2. The topological polar surface area (TPSA) is 47.9 Å². The average molecular weight is 445 g/mol. The van der Waals surface area contributed by atoms with E-state index in [1.807, 2.05) is 0 Å². The smallest absolute Gasteiger partial charge is 0.245 e. The van der Waals surface area contributed by atoms with E-state index < -0.39 is 0 Å².